The zero-order valence-corrected chi connectivity index (χ0v) is 7.82. The van der Waals surface area contributed by atoms with E-state index in [1.54, 1.807) is 25.4 Å². The molecule has 0 bridgehead atoms. The number of carboxylic acids is 1. The van der Waals surface area contributed by atoms with E-state index < -0.39 is 5.97 Å². The highest BCUT2D eigenvalue weighted by molar-refractivity contribution is 5.82. The van der Waals surface area contributed by atoms with Gasteiger partial charge in [-0.2, -0.15) is 4.68 Å². The molecule has 0 saturated carbocycles. The summed E-state index contributed by atoms with van der Waals surface area (Å²) in [5, 5.41) is 12.5. The second-order valence-electron chi connectivity index (χ2n) is 2.75. The van der Waals surface area contributed by atoms with Crippen molar-refractivity contribution >= 4 is 5.97 Å². The summed E-state index contributed by atoms with van der Waals surface area (Å²) in [7, 11) is 0. The van der Waals surface area contributed by atoms with Gasteiger partial charge in [0.15, 0.2) is 0 Å². The van der Waals surface area contributed by atoms with Crippen molar-refractivity contribution in [3.05, 3.63) is 30.1 Å². The number of carboxylic acid groups (broad SMARTS) is 1. The lowest BCUT2D eigenvalue weighted by Crippen LogP contribution is -2.05. The highest BCUT2D eigenvalue weighted by atomic mass is 16.4. The van der Waals surface area contributed by atoms with Gasteiger partial charge in [0, 0.05) is 12.4 Å². The van der Waals surface area contributed by atoms with Gasteiger partial charge in [0.2, 0.25) is 0 Å². The van der Waals surface area contributed by atoms with E-state index in [9.17, 15) is 4.79 Å². The quantitative estimate of drug-likeness (QED) is 0.745. The number of aryl methyl sites for hydroxylation is 1. The number of nitrogens with zero attached hydrogens (tertiary/aromatic N) is 5. The van der Waals surface area contributed by atoms with Gasteiger partial charge in [-0.1, -0.05) is 0 Å². The molecule has 2 rings (SSSR count). The van der Waals surface area contributed by atoms with Crippen LogP contribution in [0, 0.1) is 6.92 Å². The maximum atomic E-state index is 10.6. The first-order chi connectivity index (χ1) is 7.18. The minimum absolute atomic E-state index is 0.264. The fourth-order valence-corrected chi connectivity index (χ4v) is 1.07. The van der Waals surface area contributed by atoms with Gasteiger partial charge in [-0.3, -0.25) is 0 Å². The Balaban J connectivity index is 2.50. The number of carbonyl (C=O) groups is 1. The predicted molar refractivity (Wildman–Crippen MR) is 48.6 cm³/mol. The highest BCUT2D eigenvalue weighted by Crippen LogP contribution is 2.02. The Morgan fingerprint density at radius 1 is 1.40 bits per heavy atom. The molecule has 0 atom stereocenters. The number of rotatable bonds is 2. The molecule has 0 aliphatic carbocycles. The molecule has 76 valence electrons. The highest BCUT2D eigenvalue weighted by Gasteiger charge is 2.14. The van der Waals surface area contributed by atoms with Crippen LogP contribution in [0.5, 0.6) is 0 Å². The van der Waals surface area contributed by atoms with Gasteiger partial charge in [0.05, 0.1) is 0 Å². The largest absolute Gasteiger partial charge is 0.475 e. The smallest absolute Gasteiger partial charge is 0.375 e. The Hall–Kier alpha value is -2.31. The molecule has 0 aromatic carbocycles. The Labute approximate surface area is 84.4 Å². The molecule has 2 heterocycles. The van der Waals surface area contributed by atoms with E-state index in [1.807, 2.05) is 0 Å². The van der Waals surface area contributed by atoms with Gasteiger partial charge in [-0.15, -0.1) is 5.10 Å². The minimum atomic E-state index is -1.17. The third kappa shape index (κ3) is 1.66. The third-order valence-electron chi connectivity index (χ3n) is 1.70. The molecule has 1 N–H and O–H groups in total. The Kier molecular flexibility index (Phi) is 2.13. The van der Waals surface area contributed by atoms with Crippen molar-refractivity contribution < 1.29 is 9.90 Å². The Morgan fingerprint density at radius 3 is 2.60 bits per heavy atom. The van der Waals surface area contributed by atoms with Crippen LogP contribution in [0.25, 0.3) is 5.95 Å². The number of hydrogen-bond acceptors (Lipinski definition) is 5. The molecule has 0 radical (unpaired) electrons. The molecule has 0 saturated heterocycles. The molecule has 2 aromatic rings. The monoisotopic (exact) mass is 205 g/mol. The molecular formula is C8H7N5O2. The van der Waals surface area contributed by atoms with Crippen LogP contribution in [0.2, 0.25) is 0 Å². The molecule has 7 heteroatoms. The van der Waals surface area contributed by atoms with Gasteiger partial charge < -0.3 is 5.11 Å². The first-order valence-corrected chi connectivity index (χ1v) is 4.13. The van der Waals surface area contributed by atoms with E-state index >= 15 is 0 Å². The van der Waals surface area contributed by atoms with E-state index in [-0.39, 0.29) is 5.82 Å². The van der Waals surface area contributed by atoms with E-state index in [2.05, 4.69) is 20.1 Å². The SMILES string of the molecule is Cc1nc(C(=O)O)nn1-c1ncccn1. The third-order valence-corrected chi connectivity index (χ3v) is 1.70. The van der Waals surface area contributed by atoms with Crippen molar-refractivity contribution in [3.8, 4) is 5.95 Å². The molecule has 2 aromatic heterocycles. The molecule has 0 amide bonds. The molecule has 0 spiro atoms. The van der Waals surface area contributed by atoms with Crippen molar-refractivity contribution in [1.82, 2.24) is 24.7 Å². The topological polar surface area (TPSA) is 93.8 Å². The second kappa shape index (κ2) is 3.45. The van der Waals surface area contributed by atoms with Crippen molar-refractivity contribution in [2.75, 3.05) is 0 Å². The molecule has 0 aliphatic heterocycles. The summed E-state index contributed by atoms with van der Waals surface area (Å²) in [6, 6.07) is 1.66. The summed E-state index contributed by atoms with van der Waals surface area (Å²) in [5.74, 6) is -0.707. The summed E-state index contributed by atoms with van der Waals surface area (Å²) in [6.07, 6.45) is 3.09. The lowest BCUT2D eigenvalue weighted by Gasteiger charge is -1.97. The molecule has 0 unspecified atom stereocenters. The van der Waals surface area contributed by atoms with Crippen molar-refractivity contribution in [3.63, 3.8) is 0 Å². The molecule has 15 heavy (non-hydrogen) atoms. The van der Waals surface area contributed by atoms with Crippen LogP contribution in [-0.4, -0.2) is 35.8 Å². The van der Waals surface area contributed by atoms with Gasteiger partial charge >= 0.3 is 5.97 Å². The lowest BCUT2D eigenvalue weighted by atomic mass is 10.6. The number of aromatic nitrogens is 5. The average molecular weight is 205 g/mol. The summed E-state index contributed by atoms with van der Waals surface area (Å²) >= 11 is 0. The van der Waals surface area contributed by atoms with Crippen LogP contribution in [0.1, 0.15) is 16.4 Å². The van der Waals surface area contributed by atoms with Crippen LogP contribution < -0.4 is 0 Å². The van der Waals surface area contributed by atoms with E-state index in [4.69, 9.17) is 5.11 Å². The second-order valence-corrected chi connectivity index (χ2v) is 2.75. The zero-order valence-electron chi connectivity index (χ0n) is 7.82. The van der Waals surface area contributed by atoms with Crippen molar-refractivity contribution in [2.45, 2.75) is 6.92 Å². The molecule has 0 fully saturated rings. The van der Waals surface area contributed by atoms with Crippen LogP contribution in [-0.2, 0) is 0 Å². The van der Waals surface area contributed by atoms with E-state index in [0.717, 1.165) is 0 Å². The fraction of sp³-hybridized carbons (Fsp3) is 0.125. The molecule has 7 nitrogen and oxygen atoms in total. The van der Waals surface area contributed by atoms with Crippen LogP contribution in [0.4, 0.5) is 0 Å². The summed E-state index contributed by atoms with van der Waals surface area (Å²) in [4.78, 5) is 22.3. The van der Waals surface area contributed by atoms with Crippen LogP contribution in [0.15, 0.2) is 18.5 Å². The molecular weight excluding hydrogens is 198 g/mol. The standard InChI is InChI=1S/C8H7N5O2/c1-5-11-6(7(14)15)12-13(5)8-9-3-2-4-10-8/h2-4H,1H3,(H,14,15). The maximum absolute atomic E-state index is 10.6. The summed E-state index contributed by atoms with van der Waals surface area (Å²) < 4.78 is 1.28. The Morgan fingerprint density at radius 2 is 2.07 bits per heavy atom. The maximum Gasteiger partial charge on any atom is 0.375 e. The van der Waals surface area contributed by atoms with Gasteiger partial charge in [0.25, 0.3) is 11.8 Å². The predicted octanol–water partition coefficient (Wildman–Crippen LogP) is 0.0639. The van der Waals surface area contributed by atoms with Gasteiger partial charge in [0.1, 0.15) is 5.82 Å². The Bertz CT molecular complexity index is 493. The average Bonchev–Trinajstić information content (AvgIpc) is 2.62. The fourth-order valence-electron chi connectivity index (χ4n) is 1.07. The van der Waals surface area contributed by atoms with E-state index in [1.165, 1.54) is 4.68 Å². The zero-order chi connectivity index (χ0) is 10.8. The first-order valence-electron chi connectivity index (χ1n) is 4.13. The van der Waals surface area contributed by atoms with E-state index in [0.29, 0.717) is 11.8 Å². The minimum Gasteiger partial charge on any atom is -0.475 e. The molecule has 0 aliphatic rings. The van der Waals surface area contributed by atoms with Crippen LogP contribution >= 0.6 is 0 Å². The van der Waals surface area contributed by atoms with Crippen molar-refractivity contribution in [2.24, 2.45) is 0 Å². The lowest BCUT2D eigenvalue weighted by molar-refractivity contribution is 0.0683. The number of aromatic carboxylic acids is 1. The summed E-state index contributed by atoms with van der Waals surface area (Å²) in [5.41, 5.74) is 0. The van der Waals surface area contributed by atoms with Gasteiger partial charge in [-0.05, 0) is 13.0 Å². The summed E-state index contributed by atoms with van der Waals surface area (Å²) in [6.45, 7) is 1.63. The normalized spacial score (nSPS) is 10.2. The number of hydrogen-bond donors (Lipinski definition) is 1. The first kappa shape index (κ1) is 9.25. The van der Waals surface area contributed by atoms with Crippen molar-refractivity contribution in [1.29, 1.82) is 0 Å². The van der Waals surface area contributed by atoms with Gasteiger partial charge in [-0.25, -0.2) is 19.7 Å². The van der Waals surface area contributed by atoms with Crippen LogP contribution in [0.3, 0.4) is 0 Å².